The third kappa shape index (κ3) is 3.68. The molecule has 2 unspecified atom stereocenters. The van der Waals surface area contributed by atoms with E-state index in [0.29, 0.717) is 32.6 Å². The minimum Gasteiger partial charge on any atom is -0.388 e. The molecule has 1 saturated heterocycles. The van der Waals surface area contributed by atoms with Crippen LogP contribution in [0.5, 0.6) is 0 Å². The van der Waals surface area contributed by atoms with Crippen LogP contribution in [0, 0.1) is 17.2 Å². The van der Waals surface area contributed by atoms with E-state index in [-0.39, 0.29) is 12.0 Å². The summed E-state index contributed by atoms with van der Waals surface area (Å²) >= 11 is 0. The van der Waals surface area contributed by atoms with Crippen molar-refractivity contribution in [3.63, 3.8) is 0 Å². The minimum absolute atomic E-state index is 0.107. The summed E-state index contributed by atoms with van der Waals surface area (Å²) in [5, 5.41) is 23.1. The van der Waals surface area contributed by atoms with Crippen molar-refractivity contribution in [2.24, 2.45) is 5.92 Å². The summed E-state index contributed by atoms with van der Waals surface area (Å²) in [6.45, 7) is 1.88. The van der Waals surface area contributed by atoms with Gasteiger partial charge in [0.1, 0.15) is 0 Å². The van der Waals surface area contributed by atoms with Crippen LogP contribution in [-0.2, 0) is 4.74 Å². The largest absolute Gasteiger partial charge is 0.388 e. The Labute approximate surface area is 109 Å². The van der Waals surface area contributed by atoms with Crippen LogP contribution in [0.25, 0.3) is 0 Å². The van der Waals surface area contributed by atoms with Crippen molar-refractivity contribution >= 4 is 0 Å². The van der Waals surface area contributed by atoms with Crippen molar-refractivity contribution in [2.75, 3.05) is 19.8 Å². The third-order valence-corrected chi connectivity index (χ3v) is 4.30. The van der Waals surface area contributed by atoms with Crippen molar-refractivity contribution in [3.8, 4) is 6.07 Å². The number of nitriles is 1. The van der Waals surface area contributed by atoms with E-state index in [2.05, 4.69) is 11.4 Å². The summed E-state index contributed by atoms with van der Waals surface area (Å²) < 4.78 is 5.28. The van der Waals surface area contributed by atoms with E-state index in [1.54, 1.807) is 0 Å². The zero-order valence-corrected chi connectivity index (χ0v) is 11.0. The van der Waals surface area contributed by atoms with Gasteiger partial charge in [-0.25, -0.2) is 0 Å². The normalized spacial score (nSPS) is 32.4. The molecule has 0 amide bonds. The summed E-state index contributed by atoms with van der Waals surface area (Å²) in [5.74, 6) is 0.107. The van der Waals surface area contributed by atoms with Gasteiger partial charge in [-0.1, -0.05) is 19.3 Å². The Hall–Kier alpha value is -0.630. The van der Waals surface area contributed by atoms with Crippen LogP contribution in [0.3, 0.4) is 0 Å². The van der Waals surface area contributed by atoms with Gasteiger partial charge >= 0.3 is 0 Å². The lowest BCUT2D eigenvalue weighted by atomic mass is 9.91. The predicted octanol–water partition coefficient (Wildman–Crippen LogP) is 1.59. The molecule has 102 valence electrons. The van der Waals surface area contributed by atoms with E-state index in [1.807, 2.05) is 0 Å². The quantitative estimate of drug-likeness (QED) is 0.749. The SMILES string of the molecule is N#CC1CCCCCC1NCC1(O)CCOCC1. The maximum Gasteiger partial charge on any atom is 0.0815 e. The van der Waals surface area contributed by atoms with E-state index in [4.69, 9.17) is 4.74 Å². The molecule has 0 spiro atoms. The first kappa shape index (κ1) is 13.8. The molecule has 0 radical (unpaired) electrons. The summed E-state index contributed by atoms with van der Waals surface area (Å²) in [4.78, 5) is 0. The van der Waals surface area contributed by atoms with E-state index in [9.17, 15) is 10.4 Å². The van der Waals surface area contributed by atoms with Gasteiger partial charge in [-0.2, -0.15) is 5.26 Å². The fraction of sp³-hybridized carbons (Fsp3) is 0.929. The average molecular weight is 252 g/mol. The molecular weight excluding hydrogens is 228 g/mol. The van der Waals surface area contributed by atoms with Gasteiger partial charge in [0.15, 0.2) is 0 Å². The van der Waals surface area contributed by atoms with Gasteiger partial charge in [0.2, 0.25) is 0 Å². The Morgan fingerprint density at radius 2 is 1.94 bits per heavy atom. The zero-order chi connectivity index (χ0) is 12.8. The smallest absolute Gasteiger partial charge is 0.0815 e. The van der Waals surface area contributed by atoms with Gasteiger partial charge in [-0.05, 0) is 12.8 Å². The number of hydrogen-bond donors (Lipinski definition) is 2. The van der Waals surface area contributed by atoms with Gasteiger partial charge in [0.05, 0.1) is 17.6 Å². The van der Waals surface area contributed by atoms with Crippen LogP contribution in [0.2, 0.25) is 0 Å². The molecule has 18 heavy (non-hydrogen) atoms. The standard InChI is InChI=1S/C14H24N2O2/c15-10-12-4-2-1-3-5-13(12)16-11-14(17)6-8-18-9-7-14/h12-13,16-17H,1-9,11H2. The van der Waals surface area contributed by atoms with Gasteiger partial charge in [-0.15, -0.1) is 0 Å². The van der Waals surface area contributed by atoms with E-state index < -0.39 is 5.60 Å². The zero-order valence-electron chi connectivity index (χ0n) is 11.0. The molecule has 1 heterocycles. The lowest BCUT2D eigenvalue weighted by molar-refractivity contribution is -0.0633. The van der Waals surface area contributed by atoms with Gasteiger partial charge in [-0.3, -0.25) is 0 Å². The van der Waals surface area contributed by atoms with Gasteiger partial charge in [0.25, 0.3) is 0 Å². The number of hydrogen-bond acceptors (Lipinski definition) is 4. The second-order valence-electron chi connectivity index (χ2n) is 5.70. The summed E-state index contributed by atoms with van der Waals surface area (Å²) in [6, 6.07) is 2.68. The second kappa shape index (κ2) is 6.51. The van der Waals surface area contributed by atoms with E-state index >= 15 is 0 Å². The highest BCUT2D eigenvalue weighted by molar-refractivity contribution is 4.95. The monoisotopic (exact) mass is 252 g/mol. The molecule has 2 rings (SSSR count). The van der Waals surface area contributed by atoms with Crippen molar-refractivity contribution < 1.29 is 9.84 Å². The molecule has 0 aromatic carbocycles. The summed E-state index contributed by atoms with van der Waals surface area (Å²) in [5.41, 5.74) is -0.634. The van der Waals surface area contributed by atoms with Crippen LogP contribution in [0.1, 0.15) is 44.9 Å². The molecule has 2 fully saturated rings. The van der Waals surface area contributed by atoms with E-state index in [0.717, 1.165) is 19.3 Å². The van der Waals surface area contributed by atoms with Gasteiger partial charge < -0.3 is 15.2 Å². The Bertz CT molecular complexity index is 295. The average Bonchev–Trinajstić information content (AvgIpc) is 2.62. The molecule has 0 aromatic rings. The fourth-order valence-electron chi connectivity index (χ4n) is 2.96. The topological polar surface area (TPSA) is 65.3 Å². The molecule has 4 nitrogen and oxygen atoms in total. The van der Waals surface area contributed by atoms with E-state index in [1.165, 1.54) is 12.8 Å². The predicted molar refractivity (Wildman–Crippen MR) is 69.0 cm³/mol. The molecule has 4 heteroatoms. The molecule has 1 aliphatic heterocycles. The van der Waals surface area contributed by atoms with Gasteiger partial charge in [0, 0.05) is 38.6 Å². The molecule has 2 N–H and O–H groups in total. The highest BCUT2D eigenvalue weighted by Crippen LogP contribution is 2.25. The maximum absolute atomic E-state index is 10.4. The molecular formula is C14H24N2O2. The Morgan fingerprint density at radius 3 is 2.67 bits per heavy atom. The lowest BCUT2D eigenvalue weighted by Gasteiger charge is -2.34. The van der Waals surface area contributed by atoms with Crippen molar-refractivity contribution in [2.45, 2.75) is 56.6 Å². The van der Waals surface area contributed by atoms with Crippen LogP contribution in [0.4, 0.5) is 0 Å². The number of ether oxygens (including phenoxy) is 1. The van der Waals surface area contributed by atoms with Crippen LogP contribution in [-0.4, -0.2) is 36.5 Å². The number of nitrogens with zero attached hydrogens (tertiary/aromatic N) is 1. The highest BCUT2D eigenvalue weighted by Gasteiger charge is 2.32. The molecule has 1 saturated carbocycles. The summed E-state index contributed by atoms with van der Waals surface area (Å²) in [6.07, 6.45) is 7.04. The van der Waals surface area contributed by atoms with Crippen molar-refractivity contribution in [1.29, 1.82) is 5.26 Å². The third-order valence-electron chi connectivity index (χ3n) is 4.30. The Morgan fingerprint density at radius 1 is 1.22 bits per heavy atom. The number of rotatable bonds is 3. The first-order chi connectivity index (χ1) is 8.73. The Balaban J connectivity index is 1.85. The van der Waals surface area contributed by atoms with Crippen LogP contribution < -0.4 is 5.32 Å². The Kier molecular flexibility index (Phi) is 4.99. The first-order valence-corrected chi connectivity index (χ1v) is 7.17. The molecule has 2 aliphatic rings. The molecule has 0 bridgehead atoms. The van der Waals surface area contributed by atoms with Crippen LogP contribution in [0.15, 0.2) is 0 Å². The summed E-state index contributed by atoms with van der Waals surface area (Å²) in [7, 11) is 0. The molecule has 1 aliphatic carbocycles. The molecule has 0 aromatic heterocycles. The fourth-order valence-corrected chi connectivity index (χ4v) is 2.96. The first-order valence-electron chi connectivity index (χ1n) is 7.17. The molecule has 2 atom stereocenters. The second-order valence-corrected chi connectivity index (χ2v) is 5.70. The van der Waals surface area contributed by atoms with Crippen molar-refractivity contribution in [1.82, 2.24) is 5.32 Å². The maximum atomic E-state index is 10.4. The van der Waals surface area contributed by atoms with Crippen LogP contribution >= 0.6 is 0 Å². The van der Waals surface area contributed by atoms with Crippen molar-refractivity contribution in [3.05, 3.63) is 0 Å². The lowest BCUT2D eigenvalue weighted by Crippen LogP contribution is -2.49. The number of aliphatic hydroxyl groups is 1. The minimum atomic E-state index is -0.634. The number of nitrogens with one attached hydrogen (secondary N) is 1. The highest BCUT2D eigenvalue weighted by atomic mass is 16.5.